The zero-order valence-electron chi connectivity index (χ0n) is 24.2. The summed E-state index contributed by atoms with van der Waals surface area (Å²) in [5, 5.41) is 0. The van der Waals surface area contributed by atoms with Gasteiger partial charge >= 0.3 is 0 Å². The second kappa shape index (κ2) is 10.9. The molecule has 216 valence electrons. The van der Waals surface area contributed by atoms with Gasteiger partial charge in [-0.1, -0.05) is 36.4 Å². The third kappa shape index (κ3) is 5.41. The van der Waals surface area contributed by atoms with Crippen LogP contribution in [0.4, 0.5) is 0 Å². The fraction of sp³-hybridized carbons (Fsp3) is 0.424. The normalized spacial score (nSPS) is 21.4. The van der Waals surface area contributed by atoms with Crippen LogP contribution in [0.5, 0.6) is 5.75 Å². The van der Waals surface area contributed by atoms with Gasteiger partial charge in [-0.2, -0.15) is 4.31 Å². The van der Waals surface area contributed by atoms with E-state index in [1.807, 2.05) is 36.9 Å². The number of likely N-dealkylation sites (tertiary alicyclic amines) is 2. The number of carbonyl (C=O) groups excluding carboxylic acids is 1. The van der Waals surface area contributed by atoms with Gasteiger partial charge in [0.25, 0.3) is 5.91 Å². The number of rotatable bonds is 6. The first-order valence-corrected chi connectivity index (χ1v) is 15.9. The molecule has 0 N–H and O–H groups in total. The summed E-state index contributed by atoms with van der Waals surface area (Å²) in [6, 6.07) is 20.0. The van der Waals surface area contributed by atoms with Gasteiger partial charge in [-0.15, -0.1) is 0 Å². The van der Waals surface area contributed by atoms with Gasteiger partial charge in [0, 0.05) is 50.2 Å². The molecule has 7 nitrogen and oxygen atoms in total. The first kappa shape index (κ1) is 27.9. The second-order valence-electron chi connectivity index (χ2n) is 12.1. The maximum absolute atomic E-state index is 13.8. The quantitative estimate of drug-likeness (QED) is 0.424. The van der Waals surface area contributed by atoms with Gasteiger partial charge in [0.2, 0.25) is 10.0 Å². The molecule has 0 bridgehead atoms. The van der Waals surface area contributed by atoms with Crippen molar-refractivity contribution in [3.05, 3.63) is 94.0 Å². The predicted molar refractivity (Wildman–Crippen MR) is 159 cm³/mol. The van der Waals surface area contributed by atoms with Crippen LogP contribution in [0.25, 0.3) is 0 Å². The molecule has 2 fully saturated rings. The van der Waals surface area contributed by atoms with E-state index in [1.54, 1.807) is 23.5 Å². The highest BCUT2D eigenvalue weighted by Crippen LogP contribution is 2.40. The Kier molecular flexibility index (Phi) is 7.42. The van der Waals surface area contributed by atoms with Crippen LogP contribution in [-0.2, 0) is 29.5 Å². The summed E-state index contributed by atoms with van der Waals surface area (Å²) in [6.07, 6.45) is 2.77. The van der Waals surface area contributed by atoms with Crippen molar-refractivity contribution in [3.8, 4) is 5.75 Å². The van der Waals surface area contributed by atoms with E-state index in [1.165, 1.54) is 5.56 Å². The standard InChI is InChI=1S/C33H39N3O4S/c1-24-17-30(40-3)18-25(2)31(24)41(38,39)36-14-11-27-9-10-28(19-29(27)21-36)32(37)35-16-13-33(23-35)12-15-34(22-33)20-26-7-5-4-6-8-26/h4-10,17-19H,11-16,20-23H2,1-3H3. The topological polar surface area (TPSA) is 70.2 Å². The zero-order chi connectivity index (χ0) is 28.8. The number of benzene rings is 3. The lowest BCUT2D eigenvalue weighted by Gasteiger charge is -2.30. The van der Waals surface area contributed by atoms with Crippen molar-refractivity contribution in [1.29, 1.82) is 0 Å². The van der Waals surface area contributed by atoms with Crippen LogP contribution in [-0.4, -0.2) is 68.3 Å². The molecule has 1 spiro atoms. The molecule has 8 heteroatoms. The van der Waals surface area contributed by atoms with E-state index >= 15 is 0 Å². The molecule has 0 aromatic heterocycles. The molecule has 2 saturated heterocycles. The Morgan fingerprint density at radius 2 is 1.63 bits per heavy atom. The molecule has 0 radical (unpaired) electrons. The molecular weight excluding hydrogens is 534 g/mol. The van der Waals surface area contributed by atoms with Gasteiger partial charge in [-0.25, -0.2) is 8.42 Å². The van der Waals surface area contributed by atoms with Crippen LogP contribution >= 0.6 is 0 Å². The maximum atomic E-state index is 13.8. The molecule has 1 atom stereocenters. The number of aryl methyl sites for hydroxylation is 2. The van der Waals surface area contributed by atoms with E-state index < -0.39 is 10.0 Å². The molecule has 3 aromatic carbocycles. The Balaban J connectivity index is 1.15. The Labute approximate surface area is 243 Å². The lowest BCUT2D eigenvalue weighted by molar-refractivity contribution is 0.0773. The zero-order valence-corrected chi connectivity index (χ0v) is 25.0. The number of ether oxygens (including phenoxy) is 1. The Bertz CT molecular complexity index is 1550. The number of sulfonamides is 1. The van der Waals surface area contributed by atoms with Gasteiger partial charge < -0.3 is 9.64 Å². The number of hydrogen-bond acceptors (Lipinski definition) is 5. The van der Waals surface area contributed by atoms with Gasteiger partial charge in [-0.05, 0) is 91.7 Å². The highest BCUT2D eigenvalue weighted by atomic mass is 32.2. The number of hydrogen-bond donors (Lipinski definition) is 0. The average Bonchev–Trinajstić information content (AvgIpc) is 3.57. The first-order valence-electron chi connectivity index (χ1n) is 14.5. The van der Waals surface area contributed by atoms with Crippen LogP contribution in [0.15, 0.2) is 65.6 Å². The number of amides is 1. The van der Waals surface area contributed by atoms with Crippen molar-refractivity contribution in [3.63, 3.8) is 0 Å². The van der Waals surface area contributed by atoms with Crippen molar-refractivity contribution in [2.45, 2.75) is 51.1 Å². The molecule has 0 saturated carbocycles. The molecule has 0 aliphatic carbocycles. The molecule has 41 heavy (non-hydrogen) atoms. The van der Waals surface area contributed by atoms with E-state index in [0.717, 1.165) is 56.7 Å². The fourth-order valence-electron chi connectivity index (χ4n) is 7.06. The minimum atomic E-state index is -3.71. The minimum Gasteiger partial charge on any atom is -0.497 e. The lowest BCUT2D eigenvalue weighted by Crippen LogP contribution is -2.37. The number of fused-ring (bicyclic) bond motifs is 1. The van der Waals surface area contributed by atoms with E-state index in [4.69, 9.17) is 4.74 Å². The largest absolute Gasteiger partial charge is 0.497 e. The van der Waals surface area contributed by atoms with E-state index in [9.17, 15) is 13.2 Å². The van der Waals surface area contributed by atoms with E-state index in [2.05, 4.69) is 35.2 Å². The van der Waals surface area contributed by atoms with Crippen LogP contribution < -0.4 is 4.74 Å². The van der Waals surface area contributed by atoms with Gasteiger partial charge in [0.1, 0.15) is 5.75 Å². The molecule has 3 aliphatic rings. The highest BCUT2D eigenvalue weighted by Gasteiger charge is 2.44. The molecule has 1 unspecified atom stereocenters. The van der Waals surface area contributed by atoms with Gasteiger partial charge in [0.05, 0.1) is 12.0 Å². The Hall–Kier alpha value is -3.20. The van der Waals surface area contributed by atoms with Crippen molar-refractivity contribution in [2.75, 3.05) is 39.8 Å². The SMILES string of the molecule is COc1cc(C)c(S(=O)(=O)N2CCc3ccc(C(=O)N4CCC5(CCN(Cc6ccccc6)C5)C4)cc3C2)c(C)c1. The molecule has 6 rings (SSSR count). The summed E-state index contributed by atoms with van der Waals surface area (Å²) in [5.41, 5.74) is 5.52. The first-order chi connectivity index (χ1) is 19.7. The van der Waals surface area contributed by atoms with Gasteiger partial charge in [-0.3, -0.25) is 9.69 Å². The third-order valence-electron chi connectivity index (χ3n) is 9.19. The van der Waals surface area contributed by atoms with E-state index in [-0.39, 0.29) is 17.9 Å². The number of nitrogens with zero attached hydrogens (tertiary/aromatic N) is 3. The summed E-state index contributed by atoms with van der Waals surface area (Å²) in [7, 11) is -2.12. The van der Waals surface area contributed by atoms with Crippen LogP contribution in [0.1, 0.15) is 51.0 Å². The van der Waals surface area contributed by atoms with Crippen molar-refractivity contribution in [1.82, 2.24) is 14.1 Å². The Morgan fingerprint density at radius 1 is 0.902 bits per heavy atom. The monoisotopic (exact) mass is 573 g/mol. The fourth-order valence-corrected chi connectivity index (χ4v) is 8.89. The van der Waals surface area contributed by atoms with E-state index in [0.29, 0.717) is 40.3 Å². The van der Waals surface area contributed by atoms with Crippen molar-refractivity contribution < 1.29 is 17.9 Å². The van der Waals surface area contributed by atoms with Gasteiger partial charge in [0.15, 0.2) is 0 Å². The smallest absolute Gasteiger partial charge is 0.253 e. The van der Waals surface area contributed by atoms with Crippen molar-refractivity contribution in [2.24, 2.45) is 5.41 Å². The molecule has 3 aliphatic heterocycles. The predicted octanol–water partition coefficient (Wildman–Crippen LogP) is 4.80. The second-order valence-corrected chi connectivity index (χ2v) is 14.0. The molecule has 3 heterocycles. The lowest BCUT2D eigenvalue weighted by atomic mass is 9.86. The summed E-state index contributed by atoms with van der Waals surface area (Å²) in [6.45, 7) is 8.90. The molecule has 1 amide bonds. The van der Waals surface area contributed by atoms with Crippen LogP contribution in [0, 0.1) is 19.3 Å². The molecule has 3 aromatic rings. The van der Waals surface area contributed by atoms with Crippen LogP contribution in [0.2, 0.25) is 0 Å². The highest BCUT2D eigenvalue weighted by molar-refractivity contribution is 7.89. The number of carbonyl (C=O) groups is 1. The summed E-state index contributed by atoms with van der Waals surface area (Å²) in [4.78, 5) is 18.5. The summed E-state index contributed by atoms with van der Waals surface area (Å²) < 4.78 is 34.4. The summed E-state index contributed by atoms with van der Waals surface area (Å²) >= 11 is 0. The summed E-state index contributed by atoms with van der Waals surface area (Å²) in [5.74, 6) is 0.698. The Morgan fingerprint density at radius 3 is 2.37 bits per heavy atom. The van der Waals surface area contributed by atoms with Crippen LogP contribution in [0.3, 0.4) is 0 Å². The van der Waals surface area contributed by atoms with Crippen molar-refractivity contribution >= 4 is 15.9 Å². The minimum absolute atomic E-state index is 0.0491. The third-order valence-corrected chi connectivity index (χ3v) is 11.3. The maximum Gasteiger partial charge on any atom is 0.253 e. The molecular formula is C33H39N3O4S. The number of methoxy groups -OCH3 is 1. The average molecular weight is 574 g/mol.